The van der Waals surface area contributed by atoms with Crippen LogP contribution in [-0.4, -0.2) is 63.3 Å². The first kappa shape index (κ1) is 21.7. The highest BCUT2D eigenvalue weighted by Gasteiger charge is 2.23. The van der Waals surface area contributed by atoms with Crippen LogP contribution in [0.15, 0.2) is 53.5 Å². The smallest absolute Gasteiger partial charge is 0.191 e. The Morgan fingerprint density at radius 2 is 1.77 bits per heavy atom. The van der Waals surface area contributed by atoms with E-state index in [2.05, 4.69) is 80.9 Å². The lowest BCUT2D eigenvalue weighted by Gasteiger charge is -2.27. The van der Waals surface area contributed by atoms with Crippen LogP contribution >= 0.6 is 0 Å². The molecule has 0 bridgehead atoms. The Bertz CT molecular complexity index is 860. The number of benzene rings is 2. The van der Waals surface area contributed by atoms with Crippen molar-refractivity contribution in [1.29, 1.82) is 0 Å². The summed E-state index contributed by atoms with van der Waals surface area (Å²) in [6.45, 7) is 9.62. The van der Waals surface area contributed by atoms with E-state index < -0.39 is 0 Å². The van der Waals surface area contributed by atoms with E-state index in [0.717, 1.165) is 64.9 Å². The minimum absolute atomic E-state index is 0.399. The van der Waals surface area contributed by atoms with E-state index in [0.29, 0.717) is 6.04 Å². The van der Waals surface area contributed by atoms with E-state index in [-0.39, 0.29) is 0 Å². The van der Waals surface area contributed by atoms with E-state index in [1.165, 1.54) is 22.4 Å². The monoisotopic (exact) mass is 421 g/mol. The van der Waals surface area contributed by atoms with E-state index in [1.54, 1.807) is 0 Å². The number of morpholine rings is 1. The molecule has 2 aliphatic heterocycles. The van der Waals surface area contributed by atoms with Crippen LogP contribution in [-0.2, 0) is 17.8 Å². The third-order valence-corrected chi connectivity index (χ3v) is 6.21. The standard InChI is InChI=1S/C25H35N5O/c1-20-7-9-24(10-8-20)30-12-11-23(19-30)28-25(26-2)27-17-21-5-3-4-6-22(21)18-29-13-15-31-16-14-29/h3-10,23H,11-19H2,1-2H3,(H2,26,27,28). The quantitative estimate of drug-likeness (QED) is 0.555. The number of nitrogens with zero attached hydrogens (tertiary/aromatic N) is 3. The zero-order valence-corrected chi connectivity index (χ0v) is 18.8. The molecular formula is C25H35N5O. The van der Waals surface area contributed by atoms with Gasteiger partial charge in [0.2, 0.25) is 0 Å². The van der Waals surface area contributed by atoms with Gasteiger partial charge in [-0.25, -0.2) is 0 Å². The molecule has 0 radical (unpaired) electrons. The number of rotatable bonds is 6. The Morgan fingerprint density at radius 1 is 1.03 bits per heavy atom. The normalized spacial score (nSPS) is 20.1. The molecule has 2 aliphatic rings. The maximum atomic E-state index is 5.48. The molecular weight excluding hydrogens is 386 g/mol. The average Bonchev–Trinajstić information content (AvgIpc) is 3.27. The lowest BCUT2D eigenvalue weighted by molar-refractivity contribution is 0.0341. The van der Waals surface area contributed by atoms with E-state index in [4.69, 9.17) is 4.74 Å². The molecule has 31 heavy (non-hydrogen) atoms. The molecule has 2 aromatic carbocycles. The lowest BCUT2D eigenvalue weighted by atomic mass is 10.1. The predicted molar refractivity (Wildman–Crippen MR) is 128 cm³/mol. The number of aryl methyl sites for hydroxylation is 1. The van der Waals surface area contributed by atoms with Gasteiger partial charge in [0, 0.05) is 58.0 Å². The molecule has 0 saturated carbocycles. The van der Waals surface area contributed by atoms with Gasteiger partial charge < -0.3 is 20.3 Å². The number of hydrogen-bond acceptors (Lipinski definition) is 4. The maximum absolute atomic E-state index is 5.48. The third-order valence-electron chi connectivity index (χ3n) is 6.21. The number of ether oxygens (including phenoxy) is 1. The average molecular weight is 422 g/mol. The zero-order valence-electron chi connectivity index (χ0n) is 18.8. The molecule has 0 amide bonds. The SMILES string of the molecule is CN=C(NCc1ccccc1CN1CCOCC1)NC1CCN(c2ccc(C)cc2)C1. The highest BCUT2D eigenvalue weighted by molar-refractivity contribution is 5.80. The first-order valence-electron chi connectivity index (χ1n) is 11.4. The maximum Gasteiger partial charge on any atom is 0.191 e. The van der Waals surface area contributed by atoms with Crippen molar-refractivity contribution in [1.82, 2.24) is 15.5 Å². The van der Waals surface area contributed by atoms with Gasteiger partial charge in [0.1, 0.15) is 0 Å². The summed E-state index contributed by atoms with van der Waals surface area (Å²) < 4.78 is 5.48. The van der Waals surface area contributed by atoms with Gasteiger partial charge in [0.15, 0.2) is 5.96 Å². The second-order valence-electron chi connectivity index (χ2n) is 8.49. The Balaban J connectivity index is 1.30. The van der Waals surface area contributed by atoms with Crippen molar-refractivity contribution in [2.24, 2.45) is 4.99 Å². The van der Waals surface area contributed by atoms with Gasteiger partial charge in [-0.2, -0.15) is 0 Å². The summed E-state index contributed by atoms with van der Waals surface area (Å²) in [6.07, 6.45) is 1.11. The fourth-order valence-corrected chi connectivity index (χ4v) is 4.32. The summed E-state index contributed by atoms with van der Waals surface area (Å²) >= 11 is 0. The van der Waals surface area contributed by atoms with Crippen molar-refractivity contribution in [3.63, 3.8) is 0 Å². The van der Waals surface area contributed by atoms with E-state index in [1.807, 2.05) is 7.05 Å². The Kier molecular flexibility index (Phi) is 7.43. The van der Waals surface area contributed by atoms with Crippen LogP contribution in [0.1, 0.15) is 23.1 Å². The largest absolute Gasteiger partial charge is 0.379 e. The first-order chi connectivity index (χ1) is 15.2. The number of guanidine groups is 1. The summed E-state index contributed by atoms with van der Waals surface area (Å²) in [5.74, 6) is 0.872. The molecule has 0 aliphatic carbocycles. The van der Waals surface area contributed by atoms with E-state index in [9.17, 15) is 0 Å². The summed E-state index contributed by atoms with van der Waals surface area (Å²) in [4.78, 5) is 9.38. The summed E-state index contributed by atoms with van der Waals surface area (Å²) in [6, 6.07) is 17.9. The molecule has 0 aromatic heterocycles. The lowest BCUT2D eigenvalue weighted by Crippen LogP contribution is -2.44. The Hall–Kier alpha value is -2.57. The predicted octanol–water partition coefficient (Wildman–Crippen LogP) is 2.77. The molecule has 1 unspecified atom stereocenters. The summed E-state index contributed by atoms with van der Waals surface area (Å²) in [5, 5.41) is 7.15. The van der Waals surface area contributed by atoms with Crippen molar-refractivity contribution in [2.75, 3.05) is 51.3 Å². The van der Waals surface area contributed by atoms with Crippen LogP contribution in [0.4, 0.5) is 5.69 Å². The Labute approximate surface area is 186 Å². The number of aliphatic imine (C=N–C) groups is 1. The zero-order chi connectivity index (χ0) is 21.5. The molecule has 2 N–H and O–H groups in total. The second-order valence-corrected chi connectivity index (χ2v) is 8.49. The van der Waals surface area contributed by atoms with Crippen LogP contribution < -0.4 is 15.5 Å². The van der Waals surface area contributed by atoms with Crippen LogP contribution in [0.5, 0.6) is 0 Å². The minimum atomic E-state index is 0.399. The van der Waals surface area contributed by atoms with Crippen LogP contribution in [0, 0.1) is 6.92 Å². The fourth-order valence-electron chi connectivity index (χ4n) is 4.32. The molecule has 2 heterocycles. The number of anilines is 1. The molecule has 0 spiro atoms. The first-order valence-corrected chi connectivity index (χ1v) is 11.4. The van der Waals surface area contributed by atoms with Crippen LogP contribution in [0.3, 0.4) is 0 Å². The van der Waals surface area contributed by atoms with Crippen molar-refractivity contribution < 1.29 is 4.74 Å². The highest BCUT2D eigenvalue weighted by atomic mass is 16.5. The molecule has 4 rings (SSSR count). The minimum Gasteiger partial charge on any atom is -0.379 e. The van der Waals surface area contributed by atoms with Gasteiger partial charge in [0.25, 0.3) is 0 Å². The molecule has 166 valence electrons. The molecule has 2 saturated heterocycles. The van der Waals surface area contributed by atoms with Crippen molar-refractivity contribution in [2.45, 2.75) is 32.5 Å². The molecule has 6 nitrogen and oxygen atoms in total. The van der Waals surface area contributed by atoms with Crippen molar-refractivity contribution in [3.8, 4) is 0 Å². The van der Waals surface area contributed by atoms with Crippen molar-refractivity contribution >= 4 is 11.6 Å². The topological polar surface area (TPSA) is 52.1 Å². The van der Waals surface area contributed by atoms with Crippen molar-refractivity contribution in [3.05, 3.63) is 65.2 Å². The second kappa shape index (κ2) is 10.6. The van der Waals surface area contributed by atoms with Crippen LogP contribution in [0.25, 0.3) is 0 Å². The fraction of sp³-hybridized carbons (Fsp3) is 0.480. The van der Waals surface area contributed by atoms with Gasteiger partial charge in [-0.15, -0.1) is 0 Å². The number of hydrogen-bond donors (Lipinski definition) is 2. The highest BCUT2D eigenvalue weighted by Crippen LogP contribution is 2.20. The van der Waals surface area contributed by atoms with Gasteiger partial charge >= 0.3 is 0 Å². The Morgan fingerprint density at radius 3 is 2.52 bits per heavy atom. The number of nitrogens with one attached hydrogen (secondary N) is 2. The third kappa shape index (κ3) is 5.99. The van der Waals surface area contributed by atoms with Gasteiger partial charge in [0.05, 0.1) is 13.2 Å². The van der Waals surface area contributed by atoms with E-state index >= 15 is 0 Å². The molecule has 6 heteroatoms. The summed E-state index contributed by atoms with van der Waals surface area (Å²) in [5.41, 5.74) is 5.30. The van der Waals surface area contributed by atoms with Crippen LogP contribution in [0.2, 0.25) is 0 Å². The van der Waals surface area contributed by atoms with Gasteiger partial charge in [-0.1, -0.05) is 42.0 Å². The van der Waals surface area contributed by atoms with Gasteiger partial charge in [-0.05, 0) is 36.6 Å². The summed E-state index contributed by atoms with van der Waals surface area (Å²) in [7, 11) is 1.85. The molecule has 2 aromatic rings. The van der Waals surface area contributed by atoms with Gasteiger partial charge in [-0.3, -0.25) is 9.89 Å². The molecule has 1 atom stereocenters. The molecule has 2 fully saturated rings.